The van der Waals surface area contributed by atoms with Crippen LogP contribution in [0.1, 0.15) is 73.0 Å². The number of nitrogens with one attached hydrogen (secondary N) is 1. The number of esters is 1. The number of ether oxygens (including phenoxy) is 2. The maximum absolute atomic E-state index is 13.0. The average Bonchev–Trinajstić information content (AvgIpc) is 3.01. The lowest BCUT2D eigenvalue weighted by Gasteiger charge is -2.22. The zero-order valence-corrected chi connectivity index (χ0v) is 18.1. The molecule has 1 aliphatic rings. The van der Waals surface area contributed by atoms with Crippen molar-refractivity contribution in [2.75, 3.05) is 13.2 Å². The van der Waals surface area contributed by atoms with Crippen molar-refractivity contribution in [3.05, 3.63) is 58.1 Å². The van der Waals surface area contributed by atoms with E-state index in [0.717, 1.165) is 37.8 Å². The third kappa shape index (κ3) is 5.52. The van der Waals surface area contributed by atoms with Crippen LogP contribution in [0, 0.1) is 6.92 Å². The summed E-state index contributed by atoms with van der Waals surface area (Å²) < 4.78 is 11.6. The molecule has 1 atom stereocenters. The van der Waals surface area contributed by atoms with E-state index in [1.54, 1.807) is 12.1 Å². The zero-order chi connectivity index (χ0) is 20.6. The molecule has 1 heterocycles. The highest BCUT2D eigenvalue weighted by atomic mass is 35.5. The second-order valence-electron chi connectivity index (χ2n) is 7.54. The van der Waals surface area contributed by atoms with Crippen LogP contribution in [0.4, 0.5) is 0 Å². The Morgan fingerprint density at radius 1 is 1.21 bits per heavy atom. The minimum Gasteiger partial charge on any atom is -0.493 e. The van der Waals surface area contributed by atoms with Crippen LogP contribution in [0.2, 0.25) is 5.02 Å². The molecule has 156 valence electrons. The van der Waals surface area contributed by atoms with Gasteiger partial charge < -0.3 is 14.8 Å². The van der Waals surface area contributed by atoms with Crippen LogP contribution in [-0.4, -0.2) is 19.1 Å². The summed E-state index contributed by atoms with van der Waals surface area (Å²) in [7, 11) is 0. The Labute approximate surface area is 178 Å². The fraction of sp³-hybridized carbons (Fsp3) is 0.458. The quantitative estimate of drug-likeness (QED) is 0.329. The molecule has 0 radical (unpaired) electrons. The molecule has 1 aliphatic heterocycles. The Morgan fingerprint density at radius 2 is 2.00 bits per heavy atom. The molecule has 29 heavy (non-hydrogen) atoms. The maximum Gasteiger partial charge on any atom is 0.347 e. The minimum atomic E-state index is -0.442. The fourth-order valence-corrected chi connectivity index (χ4v) is 3.96. The highest BCUT2D eigenvalue weighted by molar-refractivity contribution is 6.32. The van der Waals surface area contributed by atoms with Crippen molar-refractivity contribution in [1.82, 2.24) is 5.32 Å². The van der Waals surface area contributed by atoms with Crippen LogP contribution in [-0.2, 0) is 0 Å². The zero-order valence-electron chi connectivity index (χ0n) is 17.3. The number of carbonyl (C=O) groups is 1. The summed E-state index contributed by atoms with van der Waals surface area (Å²) >= 11 is 6.76. The van der Waals surface area contributed by atoms with Gasteiger partial charge in [0.15, 0.2) is 0 Å². The number of halogens is 1. The van der Waals surface area contributed by atoms with Gasteiger partial charge in [-0.1, -0.05) is 56.0 Å². The molecule has 0 aliphatic carbocycles. The van der Waals surface area contributed by atoms with Gasteiger partial charge >= 0.3 is 5.97 Å². The molecule has 1 saturated heterocycles. The van der Waals surface area contributed by atoms with Crippen LogP contribution in [0.25, 0.3) is 0 Å². The van der Waals surface area contributed by atoms with E-state index in [1.165, 1.54) is 12.8 Å². The Hall–Kier alpha value is -2.04. The van der Waals surface area contributed by atoms with Crippen LogP contribution < -0.4 is 14.8 Å². The first kappa shape index (κ1) is 21.7. The van der Waals surface area contributed by atoms with E-state index in [1.807, 2.05) is 31.2 Å². The molecule has 4 nitrogen and oxygen atoms in total. The first-order valence-electron chi connectivity index (χ1n) is 10.6. The van der Waals surface area contributed by atoms with Crippen LogP contribution in [0.15, 0.2) is 36.4 Å². The van der Waals surface area contributed by atoms with Crippen molar-refractivity contribution < 1.29 is 14.3 Å². The summed E-state index contributed by atoms with van der Waals surface area (Å²) in [5.41, 5.74) is 2.13. The van der Waals surface area contributed by atoms with E-state index < -0.39 is 5.97 Å². The van der Waals surface area contributed by atoms with Gasteiger partial charge in [-0.2, -0.15) is 0 Å². The lowest BCUT2D eigenvalue weighted by atomic mass is 9.96. The molecule has 5 heteroatoms. The van der Waals surface area contributed by atoms with E-state index in [9.17, 15) is 4.79 Å². The number of para-hydroxylation sites is 1. The molecule has 2 aromatic carbocycles. The summed E-state index contributed by atoms with van der Waals surface area (Å²) in [6.07, 6.45) is 6.54. The minimum absolute atomic E-state index is 0.177. The Balaban J connectivity index is 1.96. The van der Waals surface area contributed by atoms with Crippen LogP contribution in [0.3, 0.4) is 0 Å². The number of carbonyl (C=O) groups excluding carboxylic acids is 1. The number of unbranched alkanes of at least 4 members (excludes halogenated alkanes) is 1. The monoisotopic (exact) mass is 415 g/mol. The first-order valence-corrected chi connectivity index (χ1v) is 11.0. The third-order valence-electron chi connectivity index (χ3n) is 5.34. The van der Waals surface area contributed by atoms with E-state index in [0.29, 0.717) is 34.3 Å². The molecule has 0 amide bonds. The SMILES string of the molecule is CCCCOc1cc(C2CCCCCN2)c(Cl)c(C)c1C(=O)Oc1ccccc1. The van der Waals surface area contributed by atoms with Crippen LogP contribution >= 0.6 is 11.6 Å². The number of rotatable bonds is 7. The summed E-state index contributed by atoms with van der Waals surface area (Å²) in [5.74, 6) is 0.617. The van der Waals surface area contributed by atoms with Crippen molar-refractivity contribution in [1.29, 1.82) is 0 Å². The van der Waals surface area contributed by atoms with Gasteiger partial charge in [0.25, 0.3) is 0 Å². The summed E-state index contributed by atoms with van der Waals surface area (Å²) in [4.78, 5) is 13.0. The second-order valence-corrected chi connectivity index (χ2v) is 7.92. The van der Waals surface area contributed by atoms with E-state index in [2.05, 4.69) is 12.2 Å². The lowest BCUT2D eigenvalue weighted by Crippen LogP contribution is -2.22. The Bertz CT molecular complexity index is 815. The summed E-state index contributed by atoms with van der Waals surface area (Å²) in [6.45, 7) is 5.52. The van der Waals surface area contributed by atoms with E-state index >= 15 is 0 Å². The van der Waals surface area contributed by atoms with Crippen molar-refractivity contribution in [2.45, 2.75) is 58.4 Å². The molecular weight excluding hydrogens is 386 g/mol. The summed E-state index contributed by atoms with van der Waals surface area (Å²) in [6, 6.07) is 11.2. The van der Waals surface area contributed by atoms with Crippen molar-refractivity contribution in [2.24, 2.45) is 0 Å². The largest absolute Gasteiger partial charge is 0.493 e. The normalized spacial score (nSPS) is 16.9. The Morgan fingerprint density at radius 3 is 2.76 bits per heavy atom. The maximum atomic E-state index is 13.0. The van der Waals surface area contributed by atoms with Crippen molar-refractivity contribution >= 4 is 17.6 Å². The van der Waals surface area contributed by atoms with E-state index in [-0.39, 0.29) is 6.04 Å². The van der Waals surface area contributed by atoms with Gasteiger partial charge in [-0.15, -0.1) is 0 Å². The molecule has 1 fully saturated rings. The molecule has 0 spiro atoms. The third-order valence-corrected chi connectivity index (χ3v) is 5.84. The highest BCUT2D eigenvalue weighted by Gasteiger charge is 2.26. The molecule has 0 aromatic heterocycles. The van der Waals surface area contributed by atoms with Gasteiger partial charge in [0.2, 0.25) is 0 Å². The molecule has 1 N–H and O–H groups in total. The molecule has 0 saturated carbocycles. The van der Waals surface area contributed by atoms with Crippen molar-refractivity contribution in [3.8, 4) is 11.5 Å². The molecule has 3 rings (SSSR count). The standard InChI is InChI=1S/C24H30ClNO3/c1-3-4-15-28-21-16-19(20-13-9-6-10-14-26-20)23(25)17(2)22(21)24(27)29-18-11-7-5-8-12-18/h5,7-8,11-12,16,20,26H,3-4,6,9-10,13-15H2,1-2H3. The summed E-state index contributed by atoms with van der Waals surface area (Å²) in [5, 5.41) is 4.21. The van der Waals surface area contributed by atoms with Gasteiger partial charge in [0, 0.05) is 11.1 Å². The average molecular weight is 416 g/mol. The number of hydrogen-bond acceptors (Lipinski definition) is 4. The van der Waals surface area contributed by atoms with Crippen molar-refractivity contribution in [3.63, 3.8) is 0 Å². The predicted molar refractivity (Wildman–Crippen MR) is 117 cm³/mol. The number of hydrogen-bond donors (Lipinski definition) is 1. The van der Waals surface area contributed by atoms with Gasteiger partial charge in [-0.05, 0) is 62.1 Å². The Kier molecular flexibility index (Phi) is 7.96. The van der Waals surface area contributed by atoms with Gasteiger partial charge in [-0.3, -0.25) is 0 Å². The second kappa shape index (κ2) is 10.7. The molecular formula is C24H30ClNO3. The molecule has 2 aromatic rings. The fourth-order valence-electron chi connectivity index (χ4n) is 3.68. The first-order chi connectivity index (χ1) is 14.1. The van der Waals surface area contributed by atoms with Gasteiger partial charge in [-0.25, -0.2) is 4.79 Å². The highest BCUT2D eigenvalue weighted by Crippen LogP contribution is 2.38. The molecule has 1 unspecified atom stereocenters. The molecule has 0 bridgehead atoms. The van der Waals surface area contributed by atoms with E-state index in [4.69, 9.17) is 21.1 Å². The number of benzene rings is 2. The lowest BCUT2D eigenvalue weighted by molar-refractivity contribution is 0.0729. The smallest absolute Gasteiger partial charge is 0.347 e. The predicted octanol–water partition coefficient (Wildman–Crippen LogP) is 6.25. The van der Waals surface area contributed by atoms with Gasteiger partial charge in [0.05, 0.1) is 6.61 Å². The van der Waals surface area contributed by atoms with Gasteiger partial charge in [0.1, 0.15) is 17.1 Å². The topological polar surface area (TPSA) is 47.6 Å². The van der Waals surface area contributed by atoms with Crippen LogP contribution in [0.5, 0.6) is 11.5 Å².